The minimum Gasteiger partial charge on any atom is -0.278 e. The zero-order valence-electron chi connectivity index (χ0n) is 13.0. The molecule has 0 radical (unpaired) electrons. The molecule has 0 amide bonds. The van der Waals surface area contributed by atoms with Crippen LogP contribution in [0.3, 0.4) is 0 Å². The van der Waals surface area contributed by atoms with Crippen LogP contribution in [0.15, 0.2) is 50.8 Å². The van der Waals surface area contributed by atoms with Gasteiger partial charge in [-0.05, 0) is 37.1 Å². The van der Waals surface area contributed by atoms with Gasteiger partial charge in [-0.25, -0.2) is 13.5 Å². The third-order valence-electron chi connectivity index (χ3n) is 3.53. The minimum absolute atomic E-state index is 0.188. The number of thiophene rings is 1. The molecule has 2 aromatic heterocycles. The molecule has 0 aliphatic heterocycles. The molecule has 0 unspecified atom stereocenters. The van der Waals surface area contributed by atoms with Crippen LogP contribution in [0.5, 0.6) is 0 Å². The normalized spacial score (nSPS) is 11.4. The second kappa shape index (κ2) is 6.21. The monoisotopic (exact) mass is 361 g/mol. The van der Waals surface area contributed by atoms with E-state index in [-0.39, 0.29) is 9.77 Å². The summed E-state index contributed by atoms with van der Waals surface area (Å²) in [4.78, 5) is 11.1. The van der Waals surface area contributed by atoms with Crippen molar-refractivity contribution in [1.82, 2.24) is 10.2 Å². The fourth-order valence-corrected chi connectivity index (χ4v) is 4.63. The molecular weight excluding hydrogens is 346 g/mol. The van der Waals surface area contributed by atoms with Gasteiger partial charge >= 0.3 is 0 Å². The number of aromatic nitrogens is 2. The molecule has 0 aliphatic rings. The number of rotatable bonds is 4. The molecule has 0 spiro atoms. The Balaban J connectivity index is 1.94. The van der Waals surface area contributed by atoms with E-state index in [0.717, 1.165) is 22.5 Å². The van der Waals surface area contributed by atoms with Gasteiger partial charge in [-0.3, -0.25) is 9.52 Å². The van der Waals surface area contributed by atoms with E-state index in [1.54, 1.807) is 17.5 Å². The molecule has 6 nitrogen and oxygen atoms in total. The summed E-state index contributed by atoms with van der Waals surface area (Å²) in [6.45, 7) is 3.71. The van der Waals surface area contributed by atoms with Gasteiger partial charge in [-0.2, -0.15) is 5.10 Å². The number of benzene rings is 1. The van der Waals surface area contributed by atoms with E-state index < -0.39 is 10.0 Å². The van der Waals surface area contributed by atoms with E-state index in [0.29, 0.717) is 16.9 Å². The van der Waals surface area contributed by atoms with Crippen molar-refractivity contribution in [2.75, 3.05) is 4.72 Å². The Morgan fingerprint density at radius 1 is 1.12 bits per heavy atom. The molecule has 1 aromatic carbocycles. The molecule has 8 heteroatoms. The van der Waals surface area contributed by atoms with Crippen molar-refractivity contribution in [3.8, 4) is 11.3 Å². The van der Waals surface area contributed by atoms with Gasteiger partial charge in [0.2, 0.25) is 0 Å². The summed E-state index contributed by atoms with van der Waals surface area (Å²) >= 11 is 1.10. The number of sulfonamides is 1. The molecule has 2 heterocycles. The fourth-order valence-electron chi connectivity index (χ4n) is 2.26. The zero-order chi connectivity index (χ0) is 17.3. The average molecular weight is 361 g/mol. The standard InChI is InChI=1S/C16H15N3O3S2/c1-10-4-3-5-11(2)16(10)19-24(21,22)15-8-12(9-23-15)13-6-7-14(20)18-17-13/h3-9,19H,1-2H3,(H,18,20). The lowest BCUT2D eigenvalue weighted by Gasteiger charge is -2.11. The molecule has 0 fully saturated rings. The van der Waals surface area contributed by atoms with E-state index in [4.69, 9.17) is 0 Å². The Morgan fingerprint density at radius 3 is 2.46 bits per heavy atom. The predicted molar refractivity (Wildman–Crippen MR) is 94.9 cm³/mol. The Kier molecular flexibility index (Phi) is 4.25. The lowest BCUT2D eigenvalue weighted by Crippen LogP contribution is -2.13. The fraction of sp³-hybridized carbons (Fsp3) is 0.125. The van der Waals surface area contributed by atoms with Gasteiger partial charge in [0.25, 0.3) is 15.6 Å². The van der Waals surface area contributed by atoms with Gasteiger partial charge in [-0.15, -0.1) is 11.3 Å². The number of para-hydroxylation sites is 1. The second-order valence-corrected chi connectivity index (χ2v) is 8.15. The lowest BCUT2D eigenvalue weighted by molar-refractivity contribution is 0.603. The topological polar surface area (TPSA) is 91.9 Å². The van der Waals surface area contributed by atoms with Crippen LogP contribution in [0, 0.1) is 13.8 Å². The number of hydrogen-bond acceptors (Lipinski definition) is 5. The molecule has 0 atom stereocenters. The van der Waals surface area contributed by atoms with Crippen molar-refractivity contribution in [3.63, 3.8) is 0 Å². The molecule has 2 N–H and O–H groups in total. The van der Waals surface area contributed by atoms with Gasteiger partial charge < -0.3 is 0 Å². The summed E-state index contributed by atoms with van der Waals surface area (Å²) in [7, 11) is -3.68. The summed E-state index contributed by atoms with van der Waals surface area (Å²) in [5, 5.41) is 7.94. The van der Waals surface area contributed by atoms with Crippen molar-refractivity contribution < 1.29 is 8.42 Å². The first-order chi connectivity index (χ1) is 11.4. The summed E-state index contributed by atoms with van der Waals surface area (Å²) in [5.41, 5.74) is 3.15. The largest absolute Gasteiger partial charge is 0.278 e. The van der Waals surface area contributed by atoms with Crippen LogP contribution in [0.2, 0.25) is 0 Å². The van der Waals surface area contributed by atoms with Crippen LogP contribution >= 0.6 is 11.3 Å². The van der Waals surface area contributed by atoms with Crippen LogP contribution in [-0.2, 0) is 10.0 Å². The van der Waals surface area contributed by atoms with Gasteiger partial charge in [0.15, 0.2) is 0 Å². The smallest absolute Gasteiger partial charge is 0.271 e. The number of nitrogens with one attached hydrogen (secondary N) is 2. The van der Waals surface area contributed by atoms with Gasteiger partial charge in [0.05, 0.1) is 11.4 Å². The molecule has 3 aromatic rings. The Labute approximate surface area is 143 Å². The quantitative estimate of drug-likeness (QED) is 0.747. The van der Waals surface area contributed by atoms with Crippen LogP contribution in [-0.4, -0.2) is 18.6 Å². The summed E-state index contributed by atoms with van der Waals surface area (Å²) < 4.78 is 28.1. The highest BCUT2D eigenvalue weighted by Crippen LogP contribution is 2.29. The van der Waals surface area contributed by atoms with Crippen LogP contribution < -0.4 is 10.3 Å². The number of aromatic amines is 1. The van der Waals surface area contributed by atoms with Crippen molar-refractivity contribution in [1.29, 1.82) is 0 Å². The van der Waals surface area contributed by atoms with E-state index in [2.05, 4.69) is 14.9 Å². The highest BCUT2D eigenvalue weighted by atomic mass is 32.2. The summed E-state index contributed by atoms with van der Waals surface area (Å²) in [5.74, 6) is 0. The summed E-state index contributed by atoms with van der Waals surface area (Å²) in [6, 6.07) is 10.0. The number of H-pyrrole nitrogens is 1. The van der Waals surface area contributed by atoms with Crippen molar-refractivity contribution in [2.45, 2.75) is 18.1 Å². The number of aryl methyl sites for hydroxylation is 2. The third-order valence-corrected chi connectivity index (χ3v) is 6.32. The average Bonchev–Trinajstić information content (AvgIpc) is 3.03. The molecular formula is C16H15N3O3S2. The third kappa shape index (κ3) is 3.24. The molecule has 24 heavy (non-hydrogen) atoms. The molecule has 0 saturated heterocycles. The van der Waals surface area contributed by atoms with Crippen molar-refractivity contribution in [3.05, 3.63) is 63.3 Å². The van der Waals surface area contributed by atoms with E-state index >= 15 is 0 Å². The predicted octanol–water partition coefficient (Wildman–Crippen LogP) is 2.92. The summed E-state index contributed by atoms with van der Waals surface area (Å²) in [6.07, 6.45) is 0. The molecule has 124 valence electrons. The van der Waals surface area contributed by atoms with E-state index in [9.17, 15) is 13.2 Å². The van der Waals surface area contributed by atoms with Crippen LogP contribution in [0.1, 0.15) is 11.1 Å². The molecule has 0 saturated carbocycles. The number of nitrogens with zero attached hydrogens (tertiary/aromatic N) is 1. The lowest BCUT2D eigenvalue weighted by atomic mass is 10.1. The molecule has 3 rings (SSSR count). The SMILES string of the molecule is Cc1cccc(C)c1NS(=O)(=O)c1cc(-c2ccc(=O)[nH]n2)cs1. The minimum atomic E-state index is -3.68. The Hall–Kier alpha value is -2.45. The zero-order valence-corrected chi connectivity index (χ0v) is 14.7. The molecule has 0 aliphatic carbocycles. The Morgan fingerprint density at radius 2 is 1.83 bits per heavy atom. The van der Waals surface area contributed by atoms with Gasteiger partial charge in [0, 0.05) is 17.0 Å². The molecule has 0 bridgehead atoms. The Bertz CT molecular complexity index is 1010. The van der Waals surface area contributed by atoms with E-state index in [1.807, 2.05) is 32.0 Å². The van der Waals surface area contributed by atoms with Gasteiger partial charge in [0.1, 0.15) is 4.21 Å². The maximum atomic E-state index is 12.6. The van der Waals surface area contributed by atoms with Crippen molar-refractivity contribution >= 4 is 27.0 Å². The second-order valence-electron chi connectivity index (χ2n) is 5.33. The van der Waals surface area contributed by atoms with Crippen molar-refractivity contribution in [2.24, 2.45) is 0 Å². The van der Waals surface area contributed by atoms with E-state index in [1.165, 1.54) is 6.07 Å². The van der Waals surface area contributed by atoms with Crippen LogP contribution in [0.4, 0.5) is 5.69 Å². The van der Waals surface area contributed by atoms with Crippen LogP contribution in [0.25, 0.3) is 11.3 Å². The first-order valence-corrected chi connectivity index (χ1v) is 9.47. The highest BCUT2D eigenvalue weighted by Gasteiger charge is 2.19. The highest BCUT2D eigenvalue weighted by molar-refractivity contribution is 7.94. The first kappa shape index (κ1) is 16.4. The number of hydrogen-bond donors (Lipinski definition) is 2. The maximum absolute atomic E-state index is 12.6. The maximum Gasteiger partial charge on any atom is 0.271 e. The first-order valence-electron chi connectivity index (χ1n) is 7.10. The van der Waals surface area contributed by atoms with Gasteiger partial charge in [-0.1, -0.05) is 18.2 Å². The number of anilines is 1.